The molecule has 0 aliphatic carbocycles. The highest BCUT2D eigenvalue weighted by Gasteiger charge is 2.14. The molecule has 0 aliphatic heterocycles. The van der Waals surface area contributed by atoms with Crippen molar-refractivity contribution in [2.45, 2.75) is 26.8 Å². The van der Waals surface area contributed by atoms with Gasteiger partial charge in [0.2, 0.25) is 5.88 Å². The predicted molar refractivity (Wildman–Crippen MR) is 69.4 cm³/mol. The van der Waals surface area contributed by atoms with E-state index >= 15 is 0 Å². The molecule has 0 saturated carbocycles. The zero-order chi connectivity index (χ0) is 12.1. The summed E-state index contributed by atoms with van der Waals surface area (Å²) in [5.41, 5.74) is 0.943. The van der Waals surface area contributed by atoms with Gasteiger partial charge in [0, 0.05) is 11.4 Å². The summed E-state index contributed by atoms with van der Waals surface area (Å²) in [5.74, 6) is 1.99. The molecule has 90 valence electrons. The molecule has 2 atom stereocenters. The summed E-state index contributed by atoms with van der Waals surface area (Å²) in [4.78, 5) is 8.27. The number of aromatic nitrogens is 2. The molecule has 1 heterocycles. The van der Waals surface area contributed by atoms with E-state index in [9.17, 15) is 0 Å². The number of halogens is 1. The summed E-state index contributed by atoms with van der Waals surface area (Å²) in [5, 5.41) is 4.34. The van der Waals surface area contributed by atoms with Crippen LogP contribution < -0.4 is 10.1 Å². The largest absolute Gasteiger partial charge is 0.481 e. The second kappa shape index (κ2) is 6.03. The summed E-state index contributed by atoms with van der Waals surface area (Å²) in [6.07, 6.45) is 1.51. The van der Waals surface area contributed by atoms with Crippen LogP contribution in [0, 0.1) is 12.8 Å². The first-order valence-electron chi connectivity index (χ1n) is 5.28. The van der Waals surface area contributed by atoms with Gasteiger partial charge < -0.3 is 10.1 Å². The summed E-state index contributed by atoms with van der Waals surface area (Å²) in [6.45, 7) is 6.27. The van der Waals surface area contributed by atoms with Crippen LogP contribution in [0.1, 0.15) is 19.4 Å². The molecule has 2 unspecified atom stereocenters. The number of hydrogen-bond donors (Lipinski definition) is 1. The maximum Gasteiger partial charge on any atom is 0.221 e. The lowest BCUT2D eigenvalue weighted by Gasteiger charge is -2.21. The molecule has 0 radical (unpaired) electrons. The van der Waals surface area contributed by atoms with Gasteiger partial charge in [-0.1, -0.05) is 22.9 Å². The lowest BCUT2D eigenvalue weighted by Crippen LogP contribution is -2.25. The van der Waals surface area contributed by atoms with Gasteiger partial charge in [0.15, 0.2) is 0 Å². The fraction of sp³-hybridized carbons (Fsp3) is 0.636. The van der Waals surface area contributed by atoms with Gasteiger partial charge in [0.25, 0.3) is 0 Å². The van der Waals surface area contributed by atoms with E-state index < -0.39 is 0 Å². The molecule has 0 aliphatic rings. The minimum absolute atomic E-state index is 0.345. The molecule has 0 spiro atoms. The first kappa shape index (κ1) is 13.2. The minimum atomic E-state index is 0.345. The van der Waals surface area contributed by atoms with Crippen molar-refractivity contribution in [2.24, 2.45) is 5.92 Å². The molecule has 4 nitrogen and oxygen atoms in total. The van der Waals surface area contributed by atoms with E-state index in [1.807, 2.05) is 6.92 Å². The smallest absolute Gasteiger partial charge is 0.221 e. The van der Waals surface area contributed by atoms with Crippen molar-refractivity contribution in [3.05, 3.63) is 11.9 Å². The van der Waals surface area contributed by atoms with Crippen LogP contribution in [-0.2, 0) is 0 Å². The van der Waals surface area contributed by atoms with Crippen LogP contribution in [0.15, 0.2) is 6.33 Å². The second-order valence-electron chi connectivity index (χ2n) is 3.92. The number of hydrogen-bond acceptors (Lipinski definition) is 4. The van der Waals surface area contributed by atoms with Crippen LogP contribution in [0.4, 0.5) is 5.82 Å². The third kappa shape index (κ3) is 3.07. The summed E-state index contributed by atoms with van der Waals surface area (Å²) >= 11 is 3.48. The predicted octanol–water partition coefficient (Wildman–Crippen LogP) is 2.63. The van der Waals surface area contributed by atoms with E-state index in [1.54, 1.807) is 7.11 Å². The maximum absolute atomic E-state index is 5.15. The van der Waals surface area contributed by atoms with E-state index in [1.165, 1.54) is 6.33 Å². The van der Waals surface area contributed by atoms with Crippen LogP contribution >= 0.6 is 15.9 Å². The van der Waals surface area contributed by atoms with Gasteiger partial charge in [-0.15, -0.1) is 0 Å². The third-order valence-electron chi connectivity index (χ3n) is 2.69. The number of ether oxygens (including phenoxy) is 1. The Hall–Kier alpha value is -0.840. The average Bonchev–Trinajstić information content (AvgIpc) is 2.30. The molecule has 1 rings (SSSR count). The molecule has 0 bridgehead atoms. The van der Waals surface area contributed by atoms with Crippen LogP contribution in [0.25, 0.3) is 0 Å². The first-order valence-corrected chi connectivity index (χ1v) is 6.40. The number of nitrogens with one attached hydrogen (secondary N) is 1. The first-order chi connectivity index (χ1) is 7.60. The lowest BCUT2D eigenvalue weighted by atomic mass is 10.1. The SMILES string of the molecule is COc1ncnc(NC(C)C(C)CBr)c1C. The number of alkyl halides is 1. The molecule has 5 heteroatoms. The maximum atomic E-state index is 5.15. The van der Waals surface area contributed by atoms with Crippen LogP contribution in [0.5, 0.6) is 5.88 Å². The number of rotatable bonds is 5. The molecule has 0 saturated heterocycles. The Morgan fingerprint density at radius 3 is 2.69 bits per heavy atom. The molecule has 1 aromatic rings. The average molecular weight is 288 g/mol. The van der Waals surface area contributed by atoms with Gasteiger partial charge in [-0.05, 0) is 19.8 Å². The van der Waals surface area contributed by atoms with Gasteiger partial charge >= 0.3 is 0 Å². The zero-order valence-electron chi connectivity index (χ0n) is 10.1. The van der Waals surface area contributed by atoms with Crippen molar-refractivity contribution in [2.75, 3.05) is 17.8 Å². The number of nitrogens with zero attached hydrogens (tertiary/aromatic N) is 2. The summed E-state index contributed by atoms with van der Waals surface area (Å²) in [6, 6.07) is 0.345. The molecule has 0 amide bonds. The van der Waals surface area contributed by atoms with Crippen molar-refractivity contribution in [3.63, 3.8) is 0 Å². The van der Waals surface area contributed by atoms with Gasteiger partial charge in [-0.25, -0.2) is 9.97 Å². The van der Waals surface area contributed by atoms with Crippen molar-refractivity contribution in [1.82, 2.24) is 9.97 Å². The fourth-order valence-corrected chi connectivity index (χ4v) is 1.84. The lowest BCUT2D eigenvalue weighted by molar-refractivity contribution is 0.393. The Bertz CT molecular complexity index is 346. The van der Waals surface area contributed by atoms with Crippen molar-refractivity contribution in [1.29, 1.82) is 0 Å². The Morgan fingerprint density at radius 2 is 2.12 bits per heavy atom. The van der Waals surface area contributed by atoms with E-state index in [0.717, 1.165) is 16.7 Å². The Labute approximate surface area is 105 Å². The highest BCUT2D eigenvalue weighted by Crippen LogP contribution is 2.21. The van der Waals surface area contributed by atoms with Crippen molar-refractivity contribution >= 4 is 21.7 Å². The molecule has 1 aromatic heterocycles. The summed E-state index contributed by atoms with van der Waals surface area (Å²) in [7, 11) is 1.61. The molecule has 16 heavy (non-hydrogen) atoms. The van der Waals surface area contributed by atoms with Crippen molar-refractivity contribution in [3.8, 4) is 5.88 Å². The zero-order valence-corrected chi connectivity index (χ0v) is 11.7. The molecule has 0 aromatic carbocycles. The van der Waals surface area contributed by atoms with Crippen LogP contribution in [0.3, 0.4) is 0 Å². The van der Waals surface area contributed by atoms with Crippen molar-refractivity contribution < 1.29 is 4.74 Å². The monoisotopic (exact) mass is 287 g/mol. The summed E-state index contributed by atoms with van der Waals surface area (Å²) < 4.78 is 5.15. The Morgan fingerprint density at radius 1 is 1.44 bits per heavy atom. The molecule has 1 N–H and O–H groups in total. The van der Waals surface area contributed by atoms with Crippen LogP contribution in [0.2, 0.25) is 0 Å². The molecular weight excluding hydrogens is 270 g/mol. The topological polar surface area (TPSA) is 47.0 Å². The third-order valence-corrected chi connectivity index (χ3v) is 3.71. The highest BCUT2D eigenvalue weighted by molar-refractivity contribution is 9.09. The number of anilines is 1. The minimum Gasteiger partial charge on any atom is -0.481 e. The van der Waals surface area contributed by atoms with Crippen LogP contribution in [-0.4, -0.2) is 28.4 Å². The van der Waals surface area contributed by atoms with E-state index in [4.69, 9.17) is 4.74 Å². The van der Waals surface area contributed by atoms with E-state index in [2.05, 4.69) is 45.1 Å². The normalized spacial score (nSPS) is 14.3. The van der Waals surface area contributed by atoms with Gasteiger partial charge in [-0.2, -0.15) is 0 Å². The second-order valence-corrected chi connectivity index (χ2v) is 4.57. The molecular formula is C11H18BrN3O. The fourth-order valence-electron chi connectivity index (χ4n) is 1.28. The van der Waals surface area contributed by atoms with E-state index in [-0.39, 0.29) is 0 Å². The Balaban J connectivity index is 2.81. The van der Waals surface area contributed by atoms with Gasteiger partial charge in [0.1, 0.15) is 12.1 Å². The quantitative estimate of drug-likeness (QED) is 0.846. The standard InChI is InChI=1S/C11H18BrN3O/c1-7(5-12)9(3)15-10-8(2)11(16-4)14-6-13-10/h6-7,9H,5H2,1-4H3,(H,13,14,15). The molecule has 0 fully saturated rings. The Kier molecular flexibility index (Phi) is 4.99. The number of methoxy groups -OCH3 is 1. The van der Waals surface area contributed by atoms with E-state index in [0.29, 0.717) is 17.8 Å². The highest BCUT2D eigenvalue weighted by atomic mass is 79.9. The van der Waals surface area contributed by atoms with Gasteiger partial charge in [0.05, 0.1) is 12.7 Å². The van der Waals surface area contributed by atoms with Gasteiger partial charge in [-0.3, -0.25) is 0 Å².